The number of aliphatic hydroxyl groups excluding tert-OH is 1. The monoisotopic (exact) mass is 462 g/mol. The summed E-state index contributed by atoms with van der Waals surface area (Å²) in [5, 5.41) is 32.5. The molecule has 0 unspecified atom stereocenters. The smallest absolute Gasteiger partial charge is 0.117 e. The van der Waals surface area contributed by atoms with Crippen LogP contribution < -0.4 is 0 Å². The summed E-state index contributed by atoms with van der Waals surface area (Å²) < 4.78 is 0. The predicted molar refractivity (Wildman–Crippen MR) is 137 cm³/mol. The molecule has 0 heterocycles. The van der Waals surface area contributed by atoms with Gasteiger partial charge in [0.05, 0.1) is 11.7 Å². The Balaban J connectivity index is 1.73. The lowest BCUT2D eigenvalue weighted by molar-refractivity contribution is 0.0288. The van der Waals surface area contributed by atoms with Gasteiger partial charge in [-0.15, -0.1) is 11.8 Å². The van der Waals surface area contributed by atoms with E-state index in [4.69, 9.17) is 0 Å². The van der Waals surface area contributed by atoms with Crippen LogP contribution in [-0.2, 0) is 0 Å². The minimum Gasteiger partial charge on any atom is -0.390 e. The van der Waals surface area contributed by atoms with Crippen molar-refractivity contribution >= 4 is 11.8 Å². The minimum atomic E-state index is -1.00. The quantitative estimate of drug-likeness (QED) is 0.358. The van der Waals surface area contributed by atoms with E-state index in [0.717, 1.165) is 29.9 Å². The molecule has 3 N–H and O–H groups in total. The highest BCUT2D eigenvalue weighted by Gasteiger charge is 2.48. The summed E-state index contributed by atoms with van der Waals surface area (Å²) in [6.45, 7) is 13.0. The van der Waals surface area contributed by atoms with Crippen molar-refractivity contribution < 1.29 is 15.3 Å². The Morgan fingerprint density at radius 2 is 1.91 bits per heavy atom. The molecular weight excluding hydrogens is 416 g/mol. The van der Waals surface area contributed by atoms with Crippen LogP contribution in [0.15, 0.2) is 35.5 Å². The van der Waals surface area contributed by atoms with E-state index < -0.39 is 16.6 Å². The zero-order valence-electron chi connectivity index (χ0n) is 20.8. The molecule has 0 radical (unpaired) electrons. The molecule has 0 aromatic rings. The third-order valence-electron chi connectivity index (χ3n) is 9.20. The minimum absolute atomic E-state index is 0.306. The average Bonchev–Trinajstić information content (AvgIpc) is 3.11. The maximum Gasteiger partial charge on any atom is 0.117 e. The van der Waals surface area contributed by atoms with E-state index in [1.165, 1.54) is 50.3 Å². The molecular formula is C28H46O3S. The summed E-state index contributed by atoms with van der Waals surface area (Å²) in [7, 11) is 0. The van der Waals surface area contributed by atoms with E-state index in [1.807, 2.05) is 13.8 Å². The molecule has 5 atom stereocenters. The second-order valence-electron chi connectivity index (χ2n) is 10.9. The molecule has 3 aliphatic carbocycles. The molecule has 3 rings (SSSR count). The van der Waals surface area contributed by atoms with Gasteiger partial charge in [0, 0.05) is 12.8 Å². The normalized spacial score (nSPS) is 38.5. The van der Waals surface area contributed by atoms with Crippen LogP contribution in [0.25, 0.3) is 0 Å². The maximum absolute atomic E-state index is 11.3. The molecule has 3 saturated carbocycles. The van der Waals surface area contributed by atoms with Gasteiger partial charge < -0.3 is 15.3 Å². The maximum atomic E-state index is 11.3. The lowest BCUT2D eigenvalue weighted by Crippen LogP contribution is -2.38. The molecule has 0 aromatic heterocycles. The van der Waals surface area contributed by atoms with Crippen LogP contribution in [0.1, 0.15) is 98.3 Å². The summed E-state index contributed by atoms with van der Waals surface area (Å²) >= 11 is 1.48. The Kier molecular flexibility index (Phi) is 8.45. The first-order chi connectivity index (χ1) is 15.1. The summed E-state index contributed by atoms with van der Waals surface area (Å²) in [6, 6.07) is 0. The number of allylic oxidation sites excluding steroid dienone is 3. The largest absolute Gasteiger partial charge is 0.390 e. The van der Waals surface area contributed by atoms with Crippen molar-refractivity contribution in [3.05, 3.63) is 35.5 Å². The van der Waals surface area contributed by atoms with Crippen molar-refractivity contribution in [2.75, 3.05) is 5.75 Å². The fourth-order valence-electron chi connectivity index (χ4n) is 6.66. The van der Waals surface area contributed by atoms with Crippen LogP contribution in [0.2, 0.25) is 0 Å². The van der Waals surface area contributed by atoms with Gasteiger partial charge in [0.15, 0.2) is 0 Å². The molecule has 4 heteroatoms. The Morgan fingerprint density at radius 3 is 2.56 bits per heavy atom. The zero-order valence-corrected chi connectivity index (χ0v) is 21.6. The first kappa shape index (κ1) is 26.1. The number of fused-ring (bicyclic) bond motifs is 1. The van der Waals surface area contributed by atoms with Gasteiger partial charge in [0.2, 0.25) is 0 Å². The van der Waals surface area contributed by atoms with Crippen LogP contribution in [0.5, 0.6) is 0 Å². The Hall–Kier alpha value is -0.550. The molecule has 0 aliphatic heterocycles. The number of aliphatic hydroxyl groups is 3. The van der Waals surface area contributed by atoms with Crippen LogP contribution in [0, 0.1) is 17.3 Å². The number of thioether (sulfide) groups is 1. The van der Waals surface area contributed by atoms with Gasteiger partial charge in [-0.1, -0.05) is 58.4 Å². The highest BCUT2D eigenvalue weighted by Crippen LogP contribution is 2.58. The van der Waals surface area contributed by atoms with Crippen molar-refractivity contribution in [3.8, 4) is 0 Å². The number of hydrogen-bond acceptors (Lipinski definition) is 4. The van der Waals surface area contributed by atoms with Gasteiger partial charge >= 0.3 is 0 Å². The average molecular weight is 463 g/mol. The van der Waals surface area contributed by atoms with E-state index in [-0.39, 0.29) is 0 Å². The van der Waals surface area contributed by atoms with Crippen molar-refractivity contribution in [2.24, 2.45) is 17.3 Å². The lowest BCUT2D eigenvalue weighted by atomic mass is 9.63. The first-order valence-corrected chi connectivity index (χ1v) is 13.9. The summed E-state index contributed by atoms with van der Waals surface area (Å²) in [5.41, 5.74) is 3.07. The molecule has 182 valence electrons. The van der Waals surface area contributed by atoms with Crippen LogP contribution in [-0.4, -0.2) is 37.7 Å². The molecule has 0 amide bonds. The third kappa shape index (κ3) is 5.40. The Morgan fingerprint density at radius 1 is 1.19 bits per heavy atom. The molecule has 0 aromatic carbocycles. The van der Waals surface area contributed by atoms with E-state index in [0.29, 0.717) is 36.3 Å². The summed E-state index contributed by atoms with van der Waals surface area (Å²) in [5.74, 6) is 2.19. The van der Waals surface area contributed by atoms with Crippen molar-refractivity contribution in [1.29, 1.82) is 0 Å². The Labute approximate surface area is 200 Å². The molecule has 0 bridgehead atoms. The van der Waals surface area contributed by atoms with Gasteiger partial charge in [-0.05, 0) is 85.5 Å². The molecule has 0 spiro atoms. The molecule has 3 aliphatic rings. The van der Waals surface area contributed by atoms with Crippen molar-refractivity contribution in [1.82, 2.24) is 0 Å². The van der Waals surface area contributed by atoms with E-state index in [1.54, 1.807) is 5.57 Å². The van der Waals surface area contributed by atoms with Gasteiger partial charge in [0.25, 0.3) is 0 Å². The molecule has 3 nitrogen and oxygen atoms in total. The second kappa shape index (κ2) is 10.4. The first-order valence-electron chi connectivity index (χ1n) is 12.9. The predicted octanol–water partition coefficient (Wildman–Crippen LogP) is 6.54. The standard InChI is InChI=1S/C28H46O3S/c1-6-23-13-14-24-21(10-9-15-26(23,24)5)11-12-22-18-28(31,19-25(29)20(22)4)32-17-16-27(30,7-2)8-3/h11-12,23-25,29-31H,4,6-10,13-19H2,1-3,5H3/t23-,24+,25-,26+,28-/m0/s1. The zero-order chi connectivity index (χ0) is 23.6. The van der Waals surface area contributed by atoms with Crippen LogP contribution >= 0.6 is 11.8 Å². The van der Waals surface area contributed by atoms with Gasteiger partial charge in [-0.2, -0.15) is 0 Å². The van der Waals surface area contributed by atoms with Crippen LogP contribution in [0.3, 0.4) is 0 Å². The van der Waals surface area contributed by atoms with E-state index >= 15 is 0 Å². The highest BCUT2D eigenvalue weighted by atomic mass is 32.2. The number of hydrogen-bond donors (Lipinski definition) is 3. The third-order valence-corrected chi connectivity index (χ3v) is 10.5. The van der Waals surface area contributed by atoms with Gasteiger partial charge in [-0.3, -0.25) is 0 Å². The fourth-order valence-corrected chi connectivity index (χ4v) is 8.05. The topological polar surface area (TPSA) is 60.7 Å². The molecule has 0 saturated heterocycles. The van der Waals surface area contributed by atoms with E-state index in [9.17, 15) is 15.3 Å². The van der Waals surface area contributed by atoms with Gasteiger partial charge in [-0.25, -0.2) is 0 Å². The Bertz CT molecular complexity index is 737. The molecule has 3 fully saturated rings. The fraction of sp³-hybridized carbons (Fsp3) is 0.786. The SMILES string of the molecule is C=C1C(=CC=C2CCC[C@]3(C)[C@@H](CC)CC[C@H]23)C[C@](O)(SCCC(O)(CC)CC)C[C@@H]1O. The van der Waals surface area contributed by atoms with Crippen molar-refractivity contribution in [2.45, 2.75) is 115 Å². The molecule has 32 heavy (non-hydrogen) atoms. The van der Waals surface area contributed by atoms with E-state index in [2.05, 4.69) is 32.6 Å². The summed E-state index contributed by atoms with van der Waals surface area (Å²) in [4.78, 5) is -1.00. The van der Waals surface area contributed by atoms with Gasteiger partial charge in [0.1, 0.15) is 4.93 Å². The highest BCUT2D eigenvalue weighted by molar-refractivity contribution is 8.00. The lowest BCUT2D eigenvalue weighted by Gasteiger charge is -2.42. The van der Waals surface area contributed by atoms with Crippen molar-refractivity contribution in [3.63, 3.8) is 0 Å². The number of rotatable bonds is 8. The van der Waals surface area contributed by atoms with Crippen LogP contribution in [0.4, 0.5) is 0 Å². The second-order valence-corrected chi connectivity index (χ2v) is 12.4. The summed E-state index contributed by atoms with van der Waals surface area (Å²) in [6.07, 6.45) is 14.3.